The third kappa shape index (κ3) is 5.47. The van der Waals surface area contributed by atoms with Gasteiger partial charge in [0.25, 0.3) is 5.91 Å². The molecule has 0 radical (unpaired) electrons. The quantitative estimate of drug-likeness (QED) is 0.672. The Balaban J connectivity index is 2.23. The van der Waals surface area contributed by atoms with Crippen molar-refractivity contribution in [2.24, 2.45) is 5.73 Å². The number of rotatable bonds is 6. The topological polar surface area (TPSA) is 90.7 Å². The minimum absolute atomic E-state index is 0.315. The van der Waals surface area contributed by atoms with Crippen LogP contribution in [0.15, 0.2) is 24.3 Å². The highest BCUT2D eigenvalue weighted by Gasteiger charge is 2.03. The van der Waals surface area contributed by atoms with Crippen LogP contribution < -0.4 is 16.0 Å². The Labute approximate surface area is 96.5 Å². The van der Waals surface area contributed by atoms with Gasteiger partial charge in [-0.1, -0.05) is 0 Å². The van der Waals surface area contributed by atoms with Crippen LogP contribution in [0.1, 0.15) is 0 Å². The number of nitrogens with one attached hydrogen (secondary N) is 1. The van der Waals surface area contributed by atoms with Crippen LogP contribution in [0.2, 0.25) is 0 Å². The summed E-state index contributed by atoms with van der Waals surface area (Å²) < 4.78 is 17.5. The molecule has 0 aliphatic heterocycles. The molecule has 0 fully saturated rings. The summed E-state index contributed by atoms with van der Waals surface area (Å²) in [6, 6.07) is 5.17. The summed E-state index contributed by atoms with van der Waals surface area (Å²) in [6.45, 7) is -0.729. The van der Waals surface area contributed by atoms with E-state index in [-0.39, 0.29) is 6.61 Å². The number of hydrogen-bond donors (Lipinski definition) is 2. The van der Waals surface area contributed by atoms with E-state index < -0.39 is 24.2 Å². The van der Waals surface area contributed by atoms with Gasteiger partial charge in [-0.15, -0.1) is 0 Å². The maximum Gasteiger partial charge on any atom is 0.281 e. The number of amides is 2. The van der Waals surface area contributed by atoms with Crippen molar-refractivity contribution in [3.05, 3.63) is 30.1 Å². The first-order valence-electron chi connectivity index (χ1n) is 4.65. The van der Waals surface area contributed by atoms with Crippen LogP contribution in [0.25, 0.3) is 0 Å². The molecule has 0 aliphatic rings. The third-order valence-electron chi connectivity index (χ3n) is 1.58. The number of nitrogens with two attached hydrogens (primary N) is 1. The molecule has 1 aromatic rings. The van der Waals surface area contributed by atoms with Crippen LogP contribution in [-0.2, 0) is 14.4 Å². The maximum atomic E-state index is 12.5. The van der Waals surface area contributed by atoms with Gasteiger partial charge in [-0.2, -0.15) is 0 Å². The lowest BCUT2D eigenvalue weighted by molar-refractivity contribution is -0.139. The van der Waals surface area contributed by atoms with E-state index in [2.05, 4.69) is 4.84 Å². The Kier molecular flexibility index (Phi) is 4.89. The molecule has 0 saturated heterocycles. The first-order chi connectivity index (χ1) is 8.08. The minimum atomic E-state index is -0.704. The van der Waals surface area contributed by atoms with Gasteiger partial charge in [0.05, 0.1) is 0 Å². The van der Waals surface area contributed by atoms with Crippen molar-refractivity contribution in [2.75, 3.05) is 13.2 Å². The van der Waals surface area contributed by atoms with Crippen molar-refractivity contribution in [1.29, 1.82) is 0 Å². The zero-order valence-corrected chi connectivity index (χ0v) is 8.81. The summed E-state index contributed by atoms with van der Waals surface area (Å²) in [4.78, 5) is 25.8. The first kappa shape index (κ1) is 12.9. The average Bonchev–Trinajstić information content (AvgIpc) is 2.28. The number of halogens is 1. The summed E-state index contributed by atoms with van der Waals surface area (Å²) in [5.41, 5.74) is 6.73. The number of hydroxylamine groups is 1. The summed E-state index contributed by atoms with van der Waals surface area (Å²) in [6.07, 6.45) is 0. The standard InChI is InChI=1S/C10H11FN2O4/c11-7-1-3-8(4-2-7)16-6-10(15)13-17-5-9(12)14/h1-4H,5-6H2,(H2,12,14)(H,13,15). The summed E-state index contributed by atoms with van der Waals surface area (Å²) in [5.74, 6) is -1.34. The third-order valence-corrected chi connectivity index (χ3v) is 1.58. The molecule has 0 atom stereocenters. The zero-order valence-electron chi connectivity index (χ0n) is 8.81. The highest BCUT2D eigenvalue weighted by Crippen LogP contribution is 2.10. The second kappa shape index (κ2) is 6.44. The molecule has 17 heavy (non-hydrogen) atoms. The van der Waals surface area contributed by atoms with Crippen LogP contribution in [0.4, 0.5) is 4.39 Å². The number of ether oxygens (including phenoxy) is 1. The van der Waals surface area contributed by atoms with Crippen molar-refractivity contribution in [1.82, 2.24) is 5.48 Å². The average molecular weight is 242 g/mol. The van der Waals surface area contributed by atoms with Crippen LogP contribution in [0, 0.1) is 5.82 Å². The van der Waals surface area contributed by atoms with Gasteiger partial charge >= 0.3 is 0 Å². The van der Waals surface area contributed by atoms with E-state index in [0.29, 0.717) is 5.75 Å². The fraction of sp³-hybridized carbons (Fsp3) is 0.200. The summed E-state index contributed by atoms with van der Waals surface area (Å²) in [5, 5.41) is 0. The molecular weight excluding hydrogens is 231 g/mol. The van der Waals surface area contributed by atoms with E-state index >= 15 is 0 Å². The Morgan fingerprint density at radius 1 is 1.24 bits per heavy atom. The van der Waals surface area contributed by atoms with Crippen molar-refractivity contribution >= 4 is 11.8 Å². The lowest BCUT2D eigenvalue weighted by Gasteiger charge is -2.06. The summed E-state index contributed by atoms with van der Waals surface area (Å²) >= 11 is 0. The fourth-order valence-corrected chi connectivity index (χ4v) is 0.897. The van der Waals surface area contributed by atoms with Crippen molar-refractivity contribution < 1.29 is 23.6 Å². The number of carbonyl (C=O) groups is 2. The molecule has 0 aromatic heterocycles. The molecule has 1 rings (SSSR count). The van der Waals surface area contributed by atoms with Crippen LogP contribution in [0.5, 0.6) is 5.75 Å². The number of benzene rings is 1. The van der Waals surface area contributed by atoms with Gasteiger partial charge in [0.15, 0.2) is 13.2 Å². The smallest absolute Gasteiger partial charge is 0.281 e. The Morgan fingerprint density at radius 2 is 1.88 bits per heavy atom. The Hall–Kier alpha value is -2.15. The second-order valence-electron chi connectivity index (χ2n) is 3.02. The van der Waals surface area contributed by atoms with Gasteiger partial charge in [-0.25, -0.2) is 9.87 Å². The molecule has 92 valence electrons. The van der Waals surface area contributed by atoms with Crippen LogP contribution in [0.3, 0.4) is 0 Å². The highest BCUT2D eigenvalue weighted by atomic mass is 19.1. The molecule has 0 spiro atoms. The van der Waals surface area contributed by atoms with Crippen LogP contribution in [-0.4, -0.2) is 25.0 Å². The van der Waals surface area contributed by atoms with E-state index in [1.54, 1.807) is 0 Å². The fourth-order valence-electron chi connectivity index (χ4n) is 0.897. The molecule has 6 nitrogen and oxygen atoms in total. The summed E-state index contributed by atoms with van der Waals surface area (Å²) in [7, 11) is 0. The molecule has 3 N–H and O–H groups in total. The molecule has 0 unspecified atom stereocenters. The van der Waals surface area contributed by atoms with E-state index in [4.69, 9.17) is 10.5 Å². The first-order valence-corrected chi connectivity index (χ1v) is 4.65. The Morgan fingerprint density at radius 3 is 2.47 bits per heavy atom. The van der Waals surface area contributed by atoms with Crippen molar-refractivity contribution in [2.45, 2.75) is 0 Å². The number of carbonyl (C=O) groups excluding carboxylic acids is 2. The lowest BCUT2D eigenvalue weighted by atomic mass is 10.3. The van der Waals surface area contributed by atoms with Gasteiger partial charge in [0, 0.05) is 0 Å². The number of hydrogen-bond acceptors (Lipinski definition) is 4. The monoisotopic (exact) mass is 242 g/mol. The molecule has 0 bridgehead atoms. The van der Waals surface area contributed by atoms with Gasteiger partial charge < -0.3 is 10.5 Å². The lowest BCUT2D eigenvalue weighted by Crippen LogP contribution is -2.32. The SMILES string of the molecule is NC(=O)CONC(=O)COc1ccc(F)cc1. The molecule has 0 saturated carbocycles. The van der Waals surface area contributed by atoms with E-state index in [0.717, 1.165) is 0 Å². The normalized spacial score (nSPS) is 9.71. The number of primary amides is 1. The zero-order chi connectivity index (χ0) is 12.7. The highest BCUT2D eigenvalue weighted by molar-refractivity contribution is 5.77. The predicted molar refractivity (Wildman–Crippen MR) is 55.2 cm³/mol. The van der Waals surface area contributed by atoms with E-state index in [1.807, 2.05) is 5.48 Å². The Bertz CT molecular complexity index is 394. The van der Waals surface area contributed by atoms with E-state index in [1.165, 1.54) is 24.3 Å². The molecular formula is C10H11FN2O4. The molecule has 0 aliphatic carbocycles. The van der Waals surface area contributed by atoms with E-state index in [9.17, 15) is 14.0 Å². The molecule has 1 aromatic carbocycles. The molecule has 0 heterocycles. The largest absolute Gasteiger partial charge is 0.484 e. The van der Waals surface area contributed by atoms with Crippen molar-refractivity contribution in [3.8, 4) is 5.75 Å². The maximum absolute atomic E-state index is 12.5. The van der Waals surface area contributed by atoms with Gasteiger partial charge in [-0.05, 0) is 24.3 Å². The van der Waals surface area contributed by atoms with Crippen molar-refractivity contribution in [3.63, 3.8) is 0 Å². The van der Waals surface area contributed by atoms with Crippen LogP contribution >= 0.6 is 0 Å². The second-order valence-corrected chi connectivity index (χ2v) is 3.02. The van der Waals surface area contributed by atoms with Gasteiger partial charge in [0.1, 0.15) is 11.6 Å². The minimum Gasteiger partial charge on any atom is -0.484 e. The van der Waals surface area contributed by atoms with Gasteiger partial charge in [-0.3, -0.25) is 14.4 Å². The molecule has 7 heteroatoms. The molecule has 2 amide bonds. The van der Waals surface area contributed by atoms with Gasteiger partial charge in [0.2, 0.25) is 5.91 Å². The predicted octanol–water partition coefficient (Wildman–Crippen LogP) is -0.262.